The van der Waals surface area contributed by atoms with Crippen LogP contribution in [0.1, 0.15) is 5.56 Å². The van der Waals surface area contributed by atoms with E-state index in [2.05, 4.69) is 0 Å². The Bertz CT molecular complexity index is 658. The Kier molecular flexibility index (Phi) is 3.71. The Morgan fingerprint density at radius 3 is 1.95 bits per heavy atom. The molecule has 3 N–H and O–H groups in total. The standard InChI is InChI=1S/C13H8F6N2/c14-8-2-1-6(13(17,18)19)3-11(8)21-12-9(15)4-7(20)5-10(12)16/h1-5,21H,20H2. The van der Waals surface area contributed by atoms with Crippen molar-refractivity contribution in [2.24, 2.45) is 0 Å². The molecule has 0 bridgehead atoms. The SMILES string of the molecule is Nc1cc(F)c(Nc2cc(C(F)(F)F)ccc2F)c(F)c1. The molecule has 8 heteroatoms. The summed E-state index contributed by atoms with van der Waals surface area (Å²) in [6.07, 6.45) is -4.71. The Morgan fingerprint density at radius 2 is 1.43 bits per heavy atom. The van der Waals surface area contributed by atoms with E-state index in [-0.39, 0.29) is 5.69 Å². The van der Waals surface area contributed by atoms with Gasteiger partial charge in [-0.1, -0.05) is 0 Å². The molecule has 2 aromatic carbocycles. The first-order valence-corrected chi connectivity index (χ1v) is 5.57. The van der Waals surface area contributed by atoms with Crippen molar-refractivity contribution in [3.05, 3.63) is 53.3 Å². The van der Waals surface area contributed by atoms with E-state index in [1.807, 2.05) is 5.32 Å². The molecule has 0 unspecified atom stereocenters. The highest BCUT2D eigenvalue weighted by molar-refractivity contribution is 5.64. The predicted octanol–water partition coefficient (Wildman–Crippen LogP) is 4.45. The minimum Gasteiger partial charge on any atom is -0.399 e. The van der Waals surface area contributed by atoms with Crippen molar-refractivity contribution < 1.29 is 26.3 Å². The monoisotopic (exact) mass is 306 g/mol. The minimum atomic E-state index is -4.71. The van der Waals surface area contributed by atoms with Gasteiger partial charge in [0.05, 0.1) is 11.3 Å². The topological polar surface area (TPSA) is 38.0 Å². The zero-order chi connectivity index (χ0) is 15.8. The molecule has 0 aromatic heterocycles. The highest BCUT2D eigenvalue weighted by Gasteiger charge is 2.31. The summed E-state index contributed by atoms with van der Waals surface area (Å²) >= 11 is 0. The van der Waals surface area contributed by atoms with E-state index in [0.717, 1.165) is 12.1 Å². The average Bonchev–Trinajstić information content (AvgIpc) is 2.34. The van der Waals surface area contributed by atoms with Gasteiger partial charge < -0.3 is 11.1 Å². The molecule has 2 nitrogen and oxygen atoms in total. The second-order valence-electron chi connectivity index (χ2n) is 4.18. The molecular weight excluding hydrogens is 298 g/mol. The molecule has 0 aliphatic rings. The maximum atomic E-state index is 13.5. The second-order valence-corrected chi connectivity index (χ2v) is 4.18. The molecule has 0 atom stereocenters. The largest absolute Gasteiger partial charge is 0.416 e. The van der Waals surface area contributed by atoms with E-state index in [1.54, 1.807) is 0 Å². The summed E-state index contributed by atoms with van der Waals surface area (Å²) < 4.78 is 78.2. The van der Waals surface area contributed by atoms with Gasteiger partial charge in [-0.15, -0.1) is 0 Å². The number of nitrogens with two attached hydrogens (primary N) is 1. The highest BCUT2D eigenvalue weighted by atomic mass is 19.4. The van der Waals surface area contributed by atoms with Crippen LogP contribution in [0.4, 0.5) is 43.4 Å². The van der Waals surface area contributed by atoms with Crippen molar-refractivity contribution >= 4 is 17.1 Å². The lowest BCUT2D eigenvalue weighted by Crippen LogP contribution is -2.07. The van der Waals surface area contributed by atoms with Gasteiger partial charge in [-0.3, -0.25) is 0 Å². The van der Waals surface area contributed by atoms with Crippen LogP contribution in [0.2, 0.25) is 0 Å². The number of benzene rings is 2. The van der Waals surface area contributed by atoms with Gasteiger partial charge in [0.25, 0.3) is 0 Å². The fourth-order valence-corrected chi connectivity index (χ4v) is 1.64. The van der Waals surface area contributed by atoms with Crippen molar-refractivity contribution in [3.63, 3.8) is 0 Å². The number of hydrogen-bond acceptors (Lipinski definition) is 2. The highest BCUT2D eigenvalue weighted by Crippen LogP contribution is 2.33. The lowest BCUT2D eigenvalue weighted by Gasteiger charge is -2.13. The molecule has 0 saturated carbocycles. The van der Waals surface area contributed by atoms with Crippen molar-refractivity contribution in [2.75, 3.05) is 11.1 Å². The molecular formula is C13H8F6N2. The molecule has 2 rings (SSSR count). The zero-order valence-electron chi connectivity index (χ0n) is 10.2. The van der Waals surface area contributed by atoms with Crippen molar-refractivity contribution in [2.45, 2.75) is 6.18 Å². The van der Waals surface area contributed by atoms with Crippen LogP contribution >= 0.6 is 0 Å². The zero-order valence-corrected chi connectivity index (χ0v) is 10.2. The third-order valence-electron chi connectivity index (χ3n) is 2.62. The van der Waals surface area contributed by atoms with Gasteiger partial charge in [0.15, 0.2) is 11.6 Å². The molecule has 21 heavy (non-hydrogen) atoms. The van der Waals surface area contributed by atoms with Gasteiger partial charge in [-0.05, 0) is 30.3 Å². The van der Waals surface area contributed by atoms with Crippen LogP contribution in [0.15, 0.2) is 30.3 Å². The van der Waals surface area contributed by atoms with Crippen molar-refractivity contribution in [1.82, 2.24) is 0 Å². The summed E-state index contributed by atoms with van der Waals surface area (Å²) in [5, 5.41) is 1.97. The molecule has 2 aromatic rings. The van der Waals surface area contributed by atoms with E-state index < -0.39 is 40.6 Å². The van der Waals surface area contributed by atoms with Crippen molar-refractivity contribution in [3.8, 4) is 0 Å². The number of nitrogens with one attached hydrogen (secondary N) is 1. The molecule has 0 radical (unpaired) electrons. The van der Waals surface area contributed by atoms with Crippen LogP contribution in [0, 0.1) is 17.5 Å². The van der Waals surface area contributed by atoms with E-state index >= 15 is 0 Å². The van der Waals surface area contributed by atoms with E-state index in [4.69, 9.17) is 5.73 Å². The van der Waals surface area contributed by atoms with Crippen LogP contribution < -0.4 is 11.1 Å². The molecule has 0 heterocycles. The molecule has 0 amide bonds. The normalized spacial score (nSPS) is 11.5. The number of alkyl halides is 3. The van der Waals surface area contributed by atoms with Gasteiger partial charge in [-0.25, -0.2) is 13.2 Å². The van der Waals surface area contributed by atoms with Gasteiger partial charge in [-0.2, -0.15) is 13.2 Å². The van der Waals surface area contributed by atoms with Gasteiger partial charge in [0.1, 0.15) is 11.5 Å². The van der Waals surface area contributed by atoms with Crippen LogP contribution in [0.5, 0.6) is 0 Å². The molecule has 0 saturated heterocycles. The van der Waals surface area contributed by atoms with E-state index in [9.17, 15) is 26.3 Å². The summed E-state index contributed by atoms with van der Waals surface area (Å²) in [5.41, 5.74) is 2.35. The average molecular weight is 306 g/mol. The summed E-state index contributed by atoms with van der Waals surface area (Å²) in [6, 6.07) is 3.02. The van der Waals surface area contributed by atoms with Gasteiger partial charge in [0, 0.05) is 5.69 Å². The van der Waals surface area contributed by atoms with Crippen molar-refractivity contribution in [1.29, 1.82) is 0 Å². The first-order valence-electron chi connectivity index (χ1n) is 5.57. The molecule has 0 fully saturated rings. The van der Waals surface area contributed by atoms with Gasteiger partial charge in [0.2, 0.25) is 0 Å². The maximum absolute atomic E-state index is 13.5. The lowest BCUT2D eigenvalue weighted by molar-refractivity contribution is -0.137. The Hall–Kier alpha value is -2.38. The molecule has 112 valence electrons. The minimum absolute atomic E-state index is 0.208. The van der Waals surface area contributed by atoms with Crippen LogP contribution in [0.25, 0.3) is 0 Å². The lowest BCUT2D eigenvalue weighted by atomic mass is 10.1. The summed E-state index contributed by atoms with van der Waals surface area (Å²) in [7, 11) is 0. The van der Waals surface area contributed by atoms with Crippen LogP contribution in [-0.4, -0.2) is 0 Å². The van der Waals surface area contributed by atoms with Crippen LogP contribution in [0.3, 0.4) is 0 Å². The van der Waals surface area contributed by atoms with E-state index in [0.29, 0.717) is 18.2 Å². The fraction of sp³-hybridized carbons (Fsp3) is 0.0769. The first kappa shape index (κ1) is 15.0. The first-order chi connectivity index (χ1) is 9.68. The predicted molar refractivity (Wildman–Crippen MR) is 65.5 cm³/mol. The Morgan fingerprint density at radius 1 is 0.857 bits per heavy atom. The van der Waals surface area contributed by atoms with Gasteiger partial charge >= 0.3 is 6.18 Å². The molecule has 0 spiro atoms. The number of nitrogen functional groups attached to an aromatic ring is 1. The molecule has 0 aliphatic heterocycles. The van der Waals surface area contributed by atoms with E-state index in [1.165, 1.54) is 0 Å². The fourth-order valence-electron chi connectivity index (χ4n) is 1.64. The summed E-state index contributed by atoms with van der Waals surface area (Å²) in [4.78, 5) is 0. The summed E-state index contributed by atoms with van der Waals surface area (Å²) in [5.74, 6) is -3.38. The van der Waals surface area contributed by atoms with Crippen LogP contribution in [-0.2, 0) is 6.18 Å². The smallest absolute Gasteiger partial charge is 0.399 e. The quantitative estimate of drug-likeness (QED) is 0.635. The third kappa shape index (κ3) is 3.21. The molecule has 0 aliphatic carbocycles. The Balaban J connectivity index is 2.45. The second kappa shape index (κ2) is 5.19. The number of rotatable bonds is 2. The summed E-state index contributed by atoms with van der Waals surface area (Å²) in [6.45, 7) is 0. The number of hydrogen-bond donors (Lipinski definition) is 2. The Labute approximate surface area is 115 Å². The third-order valence-corrected chi connectivity index (χ3v) is 2.62. The number of halogens is 6. The number of anilines is 3. The maximum Gasteiger partial charge on any atom is 0.416 e.